The van der Waals surface area contributed by atoms with Crippen LogP contribution in [0.4, 0.5) is 13.2 Å². The molecule has 0 bridgehead atoms. The molecule has 0 saturated heterocycles. The zero-order valence-electron chi connectivity index (χ0n) is 22.5. The van der Waals surface area contributed by atoms with Gasteiger partial charge in [-0.15, -0.1) is 13.2 Å². The van der Waals surface area contributed by atoms with Crippen molar-refractivity contribution in [1.82, 2.24) is 19.1 Å². The molecule has 0 unspecified atom stereocenters. The van der Waals surface area contributed by atoms with Crippen LogP contribution in [0.1, 0.15) is 19.0 Å². The van der Waals surface area contributed by atoms with E-state index < -0.39 is 6.30 Å². The van der Waals surface area contributed by atoms with Gasteiger partial charge in [-0.1, -0.05) is 19.1 Å². The highest BCUT2D eigenvalue weighted by Gasteiger charge is 2.33. The Bertz CT molecular complexity index is 1680. The highest BCUT2D eigenvalue weighted by Crippen LogP contribution is 2.37. The first-order valence-electron chi connectivity index (χ1n) is 12.4. The fraction of sp³-hybridized carbons (Fsp3) is 0.286. The average molecular weight is 558 g/mol. The van der Waals surface area contributed by atoms with Crippen molar-refractivity contribution in [3.63, 3.8) is 0 Å². The standard InChI is InChI=1S/C28H30F3N5O4/c1-5-17(14-36(32)28(29,30)31)24-12-21-23(16-35(3)27(38)26(21)33-24)20-13-25(37)34(2)15-22(20)18-7-6-8-19(11-18)40-10-9-39-4/h6-8,11-16,33H,5,9-10,32H2,1-4H3/b17-14+. The van der Waals surface area contributed by atoms with Crippen molar-refractivity contribution < 1.29 is 22.6 Å². The molecular weight excluding hydrogens is 527 g/mol. The number of aromatic nitrogens is 3. The third kappa shape index (κ3) is 5.82. The van der Waals surface area contributed by atoms with Crippen LogP contribution in [-0.2, 0) is 18.8 Å². The average Bonchev–Trinajstić information content (AvgIpc) is 3.36. The van der Waals surface area contributed by atoms with Crippen molar-refractivity contribution in [1.29, 1.82) is 0 Å². The Morgan fingerprint density at radius 2 is 1.77 bits per heavy atom. The molecule has 4 aromatic rings. The predicted molar refractivity (Wildman–Crippen MR) is 147 cm³/mol. The third-order valence-corrected chi connectivity index (χ3v) is 6.50. The van der Waals surface area contributed by atoms with Crippen LogP contribution < -0.4 is 21.7 Å². The lowest BCUT2D eigenvalue weighted by Crippen LogP contribution is -2.39. The smallest absolute Gasteiger partial charge is 0.491 e. The first-order valence-corrected chi connectivity index (χ1v) is 12.4. The summed E-state index contributed by atoms with van der Waals surface area (Å²) in [6, 6.07) is 10.4. The summed E-state index contributed by atoms with van der Waals surface area (Å²) in [5.74, 6) is 5.81. The second kappa shape index (κ2) is 11.4. The normalized spacial score (nSPS) is 12.2. The largest absolute Gasteiger partial charge is 0.498 e. The van der Waals surface area contributed by atoms with Gasteiger partial charge in [0, 0.05) is 68.1 Å². The number of pyridine rings is 2. The van der Waals surface area contributed by atoms with Crippen LogP contribution in [0.15, 0.2) is 64.6 Å². The van der Waals surface area contributed by atoms with Crippen LogP contribution in [0, 0.1) is 0 Å². The maximum atomic E-state index is 13.1. The quantitative estimate of drug-likeness (QED) is 0.137. The van der Waals surface area contributed by atoms with Crippen LogP contribution >= 0.6 is 0 Å². The van der Waals surface area contributed by atoms with Crippen LogP contribution in [-0.4, -0.2) is 45.8 Å². The van der Waals surface area contributed by atoms with E-state index in [0.717, 1.165) is 11.8 Å². The van der Waals surface area contributed by atoms with E-state index in [2.05, 4.69) is 4.98 Å². The number of benzene rings is 1. The highest BCUT2D eigenvalue weighted by molar-refractivity contribution is 6.00. The summed E-state index contributed by atoms with van der Waals surface area (Å²) in [7, 11) is 4.79. The van der Waals surface area contributed by atoms with Crippen LogP contribution in [0.25, 0.3) is 38.7 Å². The van der Waals surface area contributed by atoms with Crippen molar-refractivity contribution in [3.05, 3.63) is 81.4 Å². The fourth-order valence-electron chi connectivity index (χ4n) is 4.39. The van der Waals surface area contributed by atoms with Crippen molar-refractivity contribution in [2.24, 2.45) is 19.9 Å². The Kier molecular flexibility index (Phi) is 8.21. The van der Waals surface area contributed by atoms with Gasteiger partial charge in [-0.2, -0.15) is 0 Å². The number of nitrogens with one attached hydrogen (secondary N) is 1. The SMILES string of the molecule is CC/C(=C\N(N)C(F)(F)F)c1cc2c(-c3cc(=O)n(C)cc3-c3cccc(OCCOC)c3)cn(C)c(=O)c2[nH]1. The Labute approximate surface area is 227 Å². The number of methoxy groups -OCH3 is 1. The van der Waals surface area contributed by atoms with E-state index in [9.17, 15) is 22.8 Å². The monoisotopic (exact) mass is 557 g/mol. The van der Waals surface area contributed by atoms with Gasteiger partial charge < -0.3 is 23.6 Å². The van der Waals surface area contributed by atoms with Gasteiger partial charge in [0.2, 0.25) is 0 Å². The molecule has 0 aliphatic heterocycles. The van der Waals surface area contributed by atoms with E-state index in [1.54, 1.807) is 46.6 Å². The molecule has 0 amide bonds. The number of hydrazine groups is 1. The molecule has 212 valence electrons. The number of rotatable bonds is 9. The summed E-state index contributed by atoms with van der Waals surface area (Å²) in [6.07, 6.45) is -0.468. The van der Waals surface area contributed by atoms with Crippen molar-refractivity contribution in [3.8, 4) is 28.0 Å². The number of alkyl halides is 3. The minimum Gasteiger partial charge on any atom is -0.491 e. The Hall–Kier alpha value is -4.29. The van der Waals surface area contributed by atoms with Crippen molar-refractivity contribution in [2.75, 3.05) is 20.3 Å². The molecule has 0 fully saturated rings. The molecule has 9 nitrogen and oxygen atoms in total. The number of aryl methyl sites for hydroxylation is 2. The van der Waals surface area contributed by atoms with E-state index in [1.807, 2.05) is 24.3 Å². The summed E-state index contributed by atoms with van der Waals surface area (Å²) in [5, 5.41) is 0.131. The minimum absolute atomic E-state index is 0.188. The summed E-state index contributed by atoms with van der Waals surface area (Å²) < 4.78 is 52.9. The molecule has 40 heavy (non-hydrogen) atoms. The molecule has 4 rings (SSSR count). The van der Waals surface area contributed by atoms with E-state index >= 15 is 0 Å². The number of fused-ring (bicyclic) bond motifs is 1. The molecule has 0 aliphatic carbocycles. The lowest BCUT2D eigenvalue weighted by Gasteiger charge is -2.18. The summed E-state index contributed by atoms with van der Waals surface area (Å²) in [5.41, 5.74) is 2.63. The number of nitrogens with two attached hydrogens (primary N) is 1. The zero-order valence-corrected chi connectivity index (χ0v) is 22.5. The van der Waals surface area contributed by atoms with Gasteiger partial charge in [0.15, 0.2) is 0 Å². The number of halogens is 3. The van der Waals surface area contributed by atoms with E-state index in [1.165, 1.54) is 15.2 Å². The van der Waals surface area contributed by atoms with Gasteiger partial charge in [-0.25, -0.2) is 10.9 Å². The highest BCUT2D eigenvalue weighted by atomic mass is 19.4. The molecule has 0 radical (unpaired) electrons. The number of ether oxygens (including phenoxy) is 2. The lowest BCUT2D eigenvalue weighted by molar-refractivity contribution is -0.228. The van der Waals surface area contributed by atoms with Crippen LogP contribution in [0.3, 0.4) is 0 Å². The number of hydrogen-bond donors (Lipinski definition) is 2. The second-order valence-electron chi connectivity index (χ2n) is 9.23. The Morgan fingerprint density at radius 1 is 1.05 bits per heavy atom. The summed E-state index contributed by atoms with van der Waals surface area (Å²) in [4.78, 5) is 28.9. The molecule has 0 aliphatic rings. The molecule has 0 spiro atoms. The third-order valence-electron chi connectivity index (χ3n) is 6.50. The summed E-state index contributed by atoms with van der Waals surface area (Å²) >= 11 is 0. The molecule has 3 N–H and O–H groups in total. The van der Waals surface area contributed by atoms with Gasteiger partial charge in [0.05, 0.1) is 6.61 Å². The topological polar surface area (TPSA) is 108 Å². The molecule has 0 atom stereocenters. The van der Waals surface area contributed by atoms with Gasteiger partial charge in [0.25, 0.3) is 11.1 Å². The summed E-state index contributed by atoms with van der Waals surface area (Å²) in [6.45, 7) is 2.46. The minimum atomic E-state index is -4.77. The van der Waals surface area contributed by atoms with Gasteiger partial charge in [0.1, 0.15) is 17.9 Å². The Morgan fingerprint density at radius 3 is 2.45 bits per heavy atom. The second-order valence-corrected chi connectivity index (χ2v) is 9.23. The van der Waals surface area contributed by atoms with E-state index in [4.69, 9.17) is 15.3 Å². The predicted octanol–water partition coefficient (Wildman–Crippen LogP) is 4.37. The van der Waals surface area contributed by atoms with E-state index in [0.29, 0.717) is 46.7 Å². The first-order chi connectivity index (χ1) is 18.9. The number of H-pyrrole nitrogens is 1. The van der Waals surface area contributed by atoms with Gasteiger partial charge in [-0.05, 0) is 41.3 Å². The maximum Gasteiger partial charge on any atom is 0.498 e. The van der Waals surface area contributed by atoms with Gasteiger partial charge in [-0.3, -0.25) is 9.59 Å². The molecule has 3 aromatic heterocycles. The van der Waals surface area contributed by atoms with Crippen LogP contribution in [0.2, 0.25) is 0 Å². The number of nitrogens with zero attached hydrogens (tertiary/aromatic N) is 3. The zero-order chi connectivity index (χ0) is 29.2. The van der Waals surface area contributed by atoms with Crippen LogP contribution in [0.5, 0.6) is 5.75 Å². The number of allylic oxidation sites excluding steroid dienone is 1. The molecule has 12 heteroatoms. The number of aromatic amines is 1. The molecular formula is C28H30F3N5O4. The van der Waals surface area contributed by atoms with Gasteiger partial charge >= 0.3 is 6.30 Å². The fourth-order valence-corrected chi connectivity index (χ4v) is 4.39. The first kappa shape index (κ1) is 28.7. The van der Waals surface area contributed by atoms with Crippen molar-refractivity contribution >= 4 is 16.5 Å². The molecule has 3 heterocycles. The lowest BCUT2D eigenvalue weighted by atomic mass is 9.95. The maximum absolute atomic E-state index is 13.1. The Balaban J connectivity index is 1.94. The molecule has 0 saturated carbocycles. The number of hydrogen-bond acceptors (Lipinski definition) is 6. The molecule has 1 aromatic carbocycles. The van der Waals surface area contributed by atoms with Crippen molar-refractivity contribution in [2.45, 2.75) is 19.6 Å². The van der Waals surface area contributed by atoms with E-state index in [-0.39, 0.29) is 33.6 Å².